The number of fused-ring (bicyclic) bond motifs is 1. The summed E-state index contributed by atoms with van der Waals surface area (Å²) in [6, 6.07) is 0. The number of rotatable bonds is 0. The second-order valence-corrected chi connectivity index (χ2v) is 4.43. The van der Waals surface area contributed by atoms with E-state index in [1.165, 1.54) is 12.8 Å². The highest BCUT2D eigenvalue weighted by Gasteiger charge is 2.49. The van der Waals surface area contributed by atoms with Crippen molar-refractivity contribution in [2.75, 3.05) is 6.61 Å². The Morgan fingerprint density at radius 1 is 1.57 bits per heavy atom. The van der Waals surface area contributed by atoms with Crippen LogP contribution in [0.25, 0.3) is 0 Å². The molecule has 0 atom stereocenters. The van der Waals surface area contributed by atoms with Gasteiger partial charge in [-0.1, -0.05) is 0 Å². The number of hydrogen-bond acceptors (Lipinski definition) is 1. The van der Waals surface area contributed by atoms with Gasteiger partial charge in [0.15, 0.2) is 0 Å². The summed E-state index contributed by atoms with van der Waals surface area (Å²) in [6.07, 6.45) is 2.63. The molecule has 1 aliphatic carbocycles. The van der Waals surface area contributed by atoms with E-state index in [0.717, 1.165) is 12.5 Å². The van der Waals surface area contributed by atoms with Crippen LogP contribution < -0.4 is 0 Å². The van der Waals surface area contributed by atoms with Crippen molar-refractivity contribution >= 4 is 22.6 Å². The Morgan fingerprint density at radius 3 is 2.43 bits per heavy atom. The third kappa shape index (κ3) is 0.528. The zero-order valence-electron chi connectivity index (χ0n) is 3.98. The highest BCUT2D eigenvalue weighted by Crippen LogP contribution is 2.52. The Labute approximate surface area is 56.6 Å². The van der Waals surface area contributed by atoms with Gasteiger partial charge < -0.3 is 4.74 Å². The average molecular weight is 210 g/mol. The number of ether oxygens (including phenoxy) is 1. The SMILES string of the molecule is IC12CC(CO1)C2. The summed E-state index contributed by atoms with van der Waals surface area (Å²) >= 11 is 2.41. The summed E-state index contributed by atoms with van der Waals surface area (Å²) in [7, 11) is 0. The van der Waals surface area contributed by atoms with Crippen LogP contribution >= 0.6 is 22.6 Å². The van der Waals surface area contributed by atoms with Crippen molar-refractivity contribution in [2.45, 2.75) is 16.4 Å². The predicted octanol–water partition coefficient (Wildman–Crippen LogP) is 1.56. The molecular formula is C5H7IO. The summed E-state index contributed by atoms with van der Waals surface area (Å²) in [5.41, 5.74) is 0. The molecule has 3 rings (SSSR count). The van der Waals surface area contributed by atoms with Gasteiger partial charge in [-0.05, 0) is 41.4 Å². The monoisotopic (exact) mass is 210 g/mol. The van der Waals surface area contributed by atoms with Gasteiger partial charge in [0.05, 0.1) is 6.61 Å². The summed E-state index contributed by atoms with van der Waals surface area (Å²) in [4.78, 5) is 0. The lowest BCUT2D eigenvalue weighted by molar-refractivity contribution is 0.109. The third-order valence-corrected chi connectivity index (χ3v) is 2.96. The third-order valence-electron chi connectivity index (χ3n) is 1.76. The molecule has 1 nitrogen and oxygen atoms in total. The van der Waals surface area contributed by atoms with Crippen LogP contribution in [0.1, 0.15) is 12.8 Å². The van der Waals surface area contributed by atoms with Crippen LogP contribution in [0.3, 0.4) is 0 Å². The van der Waals surface area contributed by atoms with Crippen molar-refractivity contribution in [3.63, 3.8) is 0 Å². The quantitative estimate of drug-likeness (QED) is 0.435. The van der Waals surface area contributed by atoms with E-state index in [-0.39, 0.29) is 0 Å². The van der Waals surface area contributed by atoms with E-state index < -0.39 is 0 Å². The second kappa shape index (κ2) is 1.16. The molecule has 0 spiro atoms. The number of alkyl halides is 1. The fraction of sp³-hybridized carbons (Fsp3) is 1.00. The lowest BCUT2D eigenvalue weighted by Gasteiger charge is -2.29. The Morgan fingerprint density at radius 2 is 2.29 bits per heavy atom. The van der Waals surface area contributed by atoms with Gasteiger partial charge in [-0.2, -0.15) is 0 Å². The van der Waals surface area contributed by atoms with Gasteiger partial charge in [-0.15, -0.1) is 0 Å². The van der Waals surface area contributed by atoms with E-state index in [0.29, 0.717) is 3.61 Å². The smallest absolute Gasteiger partial charge is 0.119 e. The zero-order chi connectivity index (χ0) is 4.91. The minimum Gasteiger partial charge on any atom is -0.364 e. The van der Waals surface area contributed by atoms with E-state index in [2.05, 4.69) is 22.6 Å². The maximum Gasteiger partial charge on any atom is 0.119 e. The van der Waals surface area contributed by atoms with Gasteiger partial charge in [0.2, 0.25) is 0 Å². The normalized spacial score (nSPS) is 57.0. The molecule has 2 bridgehead atoms. The zero-order valence-corrected chi connectivity index (χ0v) is 6.14. The molecule has 3 aliphatic rings. The summed E-state index contributed by atoms with van der Waals surface area (Å²) in [6.45, 7) is 1.03. The molecule has 0 amide bonds. The molecule has 0 aromatic rings. The maximum absolute atomic E-state index is 5.40. The Hall–Kier alpha value is 0.690. The van der Waals surface area contributed by atoms with E-state index >= 15 is 0 Å². The van der Waals surface area contributed by atoms with Gasteiger partial charge in [0.25, 0.3) is 0 Å². The van der Waals surface area contributed by atoms with Crippen molar-refractivity contribution < 1.29 is 4.74 Å². The standard InChI is InChI=1S/C5H7IO/c6-5-1-4(2-5)3-7-5/h4H,1-3H2. The van der Waals surface area contributed by atoms with Crippen molar-refractivity contribution in [2.24, 2.45) is 5.92 Å². The molecule has 40 valence electrons. The van der Waals surface area contributed by atoms with Gasteiger partial charge in [-0.25, -0.2) is 0 Å². The molecular weight excluding hydrogens is 203 g/mol. The molecule has 2 heteroatoms. The Kier molecular flexibility index (Phi) is 0.752. The summed E-state index contributed by atoms with van der Waals surface area (Å²) in [5.74, 6) is 0.928. The number of halogens is 1. The van der Waals surface area contributed by atoms with Gasteiger partial charge >= 0.3 is 0 Å². The highest BCUT2D eigenvalue weighted by molar-refractivity contribution is 14.1. The first-order valence-corrected chi connectivity index (χ1v) is 3.69. The van der Waals surface area contributed by atoms with Gasteiger partial charge in [0.1, 0.15) is 3.61 Å². The fourth-order valence-corrected chi connectivity index (χ4v) is 2.73. The van der Waals surface area contributed by atoms with Crippen LogP contribution in [0.15, 0.2) is 0 Å². The second-order valence-electron chi connectivity index (χ2n) is 2.47. The minimum absolute atomic E-state index is 0.308. The van der Waals surface area contributed by atoms with Crippen LogP contribution in [0.2, 0.25) is 0 Å². The molecule has 2 aliphatic heterocycles. The minimum atomic E-state index is 0.308. The van der Waals surface area contributed by atoms with Gasteiger partial charge in [0, 0.05) is 0 Å². The molecule has 7 heavy (non-hydrogen) atoms. The van der Waals surface area contributed by atoms with Crippen molar-refractivity contribution in [3.05, 3.63) is 0 Å². The fourth-order valence-electron chi connectivity index (χ4n) is 1.31. The van der Waals surface area contributed by atoms with Crippen LogP contribution in [0.5, 0.6) is 0 Å². The summed E-state index contributed by atoms with van der Waals surface area (Å²) in [5, 5.41) is 0. The van der Waals surface area contributed by atoms with E-state index in [1.54, 1.807) is 0 Å². The lowest BCUT2D eigenvalue weighted by Crippen LogP contribution is -2.28. The maximum atomic E-state index is 5.40. The molecule has 3 fully saturated rings. The lowest BCUT2D eigenvalue weighted by atomic mass is 9.87. The first kappa shape index (κ1) is 4.56. The Bertz CT molecular complexity index is 90.7. The molecule has 0 unspecified atom stereocenters. The average Bonchev–Trinajstić information content (AvgIpc) is 1.88. The van der Waals surface area contributed by atoms with Crippen molar-refractivity contribution in [1.29, 1.82) is 0 Å². The van der Waals surface area contributed by atoms with E-state index in [1.807, 2.05) is 0 Å². The van der Waals surface area contributed by atoms with Crippen molar-refractivity contribution in [3.8, 4) is 0 Å². The van der Waals surface area contributed by atoms with Gasteiger partial charge in [-0.3, -0.25) is 0 Å². The molecule has 0 aromatic carbocycles. The van der Waals surface area contributed by atoms with E-state index in [4.69, 9.17) is 4.74 Å². The first-order chi connectivity index (χ1) is 3.29. The van der Waals surface area contributed by atoms with Crippen LogP contribution in [0, 0.1) is 5.92 Å². The highest BCUT2D eigenvalue weighted by atomic mass is 127. The van der Waals surface area contributed by atoms with E-state index in [9.17, 15) is 0 Å². The topological polar surface area (TPSA) is 9.23 Å². The number of hydrogen-bond donors (Lipinski definition) is 0. The first-order valence-electron chi connectivity index (χ1n) is 2.61. The van der Waals surface area contributed by atoms with Crippen LogP contribution in [-0.2, 0) is 4.74 Å². The molecule has 0 N–H and O–H groups in total. The molecule has 0 radical (unpaired) electrons. The summed E-state index contributed by atoms with van der Waals surface area (Å²) < 4.78 is 5.71. The van der Waals surface area contributed by atoms with Crippen LogP contribution in [-0.4, -0.2) is 10.2 Å². The largest absolute Gasteiger partial charge is 0.364 e. The molecule has 0 aromatic heterocycles. The van der Waals surface area contributed by atoms with Crippen molar-refractivity contribution in [1.82, 2.24) is 0 Å². The molecule has 2 heterocycles. The molecule has 1 saturated carbocycles. The Balaban J connectivity index is 2.20. The predicted molar refractivity (Wildman–Crippen MR) is 35.4 cm³/mol. The van der Waals surface area contributed by atoms with Crippen LogP contribution in [0.4, 0.5) is 0 Å². The molecule has 2 saturated heterocycles.